The van der Waals surface area contributed by atoms with Crippen LogP contribution in [0.4, 0.5) is 10.1 Å². The van der Waals surface area contributed by atoms with Crippen LogP contribution in [-0.4, -0.2) is 23.5 Å². The number of nitrogens with one attached hydrogen (secondary N) is 1. The van der Waals surface area contributed by atoms with E-state index >= 15 is 0 Å². The van der Waals surface area contributed by atoms with Gasteiger partial charge in [0.1, 0.15) is 17.6 Å². The minimum atomic E-state index is -1.53. The molecule has 1 atom stereocenters. The molecule has 1 aromatic heterocycles. The number of carbonyl (C=O) groups excluding carboxylic acids is 1. The van der Waals surface area contributed by atoms with E-state index in [0.717, 1.165) is 6.07 Å². The number of aliphatic imine (C=N–C) groups is 1. The summed E-state index contributed by atoms with van der Waals surface area (Å²) in [6.45, 7) is 0.119. The molecule has 8 nitrogen and oxygen atoms in total. The van der Waals surface area contributed by atoms with Crippen LogP contribution in [0, 0.1) is 28.5 Å². The Kier molecular flexibility index (Phi) is 4.69. The SMILES string of the molecule is N#Cc1ccc(C(=O)Nc2ccc(F)c([C@]3(C#N)CCOC(N)=N3)c2)nc1. The first-order chi connectivity index (χ1) is 13.0. The molecule has 1 aliphatic heterocycles. The molecule has 27 heavy (non-hydrogen) atoms. The molecule has 1 amide bonds. The summed E-state index contributed by atoms with van der Waals surface area (Å²) in [6.07, 6.45) is 1.39. The molecule has 0 spiro atoms. The Morgan fingerprint density at radius 1 is 1.33 bits per heavy atom. The maximum Gasteiger partial charge on any atom is 0.283 e. The highest BCUT2D eigenvalue weighted by atomic mass is 19.1. The zero-order chi connectivity index (χ0) is 19.4. The van der Waals surface area contributed by atoms with Crippen LogP contribution in [0.25, 0.3) is 0 Å². The quantitative estimate of drug-likeness (QED) is 0.852. The van der Waals surface area contributed by atoms with Gasteiger partial charge in [0.2, 0.25) is 0 Å². The number of halogens is 1. The fraction of sp³-hybridized carbons (Fsp3) is 0.167. The highest BCUT2D eigenvalue weighted by Gasteiger charge is 2.38. The van der Waals surface area contributed by atoms with Crippen LogP contribution in [-0.2, 0) is 10.3 Å². The molecule has 2 heterocycles. The van der Waals surface area contributed by atoms with Gasteiger partial charge in [0.05, 0.1) is 18.2 Å². The van der Waals surface area contributed by atoms with Crippen molar-refractivity contribution in [2.45, 2.75) is 12.0 Å². The van der Waals surface area contributed by atoms with Crippen LogP contribution in [0.15, 0.2) is 41.5 Å². The van der Waals surface area contributed by atoms with E-state index in [1.54, 1.807) is 0 Å². The number of ether oxygens (including phenoxy) is 1. The van der Waals surface area contributed by atoms with Crippen molar-refractivity contribution in [3.8, 4) is 12.1 Å². The molecule has 3 rings (SSSR count). The van der Waals surface area contributed by atoms with Gasteiger partial charge < -0.3 is 15.8 Å². The molecule has 0 fully saturated rings. The standard InChI is InChI=1S/C18H13FN6O2/c19-14-3-2-12(24-16(26)15-4-1-11(8-20)9-23-15)7-13(14)18(10-21)5-6-27-17(22)25-18/h1-4,7,9H,5-6H2,(H2,22,25)(H,24,26)/t18-/m1/s1. The molecule has 0 bridgehead atoms. The first kappa shape index (κ1) is 17.8. The van der Waals surface area contributed by atoms with E-state index < -0.39 is 17.3 Å². The second-order valence-corrected chi connectivity index (χ2v) is 5.71. The van der Waals surface area contributed by atoms with E-state index in [1.165, 1.54) is 30.5 Å². The zero-order valence-corrected chi connectivity index (χ0v) is 13.9. The Morgan fingerprint density at radius 3 is 2.78 bits per heavy atom. The first-order valence-corrected chi connectivity index (χ1v) is 7.84. The molecule has 1 aromatic carbocycles. The lowest BCUT2D eigenvalue weighted by atomic mass is 9.87. The van der Waals surface area contributed by atoms with Gasteiger partial charge in [0.15, 0.2) is 5.54 Å². The van der Waals surface area contributed by atoms with Crippen LogP contribution in [0.5, 0.6) is 0 Å². The minimum Gasteiger partial charge on any atom is -0.465 e. The molecule has 0 aliphatic carbocycles. The van der Waals surface area contributed by atoms with Crippen molar-refractivity contribution < 1.29 is 13.9 Å². The van der Waals surface area contributed by atoms with Crippen LogP contribution < -0.4 is 11.1 Å². The molecular formula is C18H13FN6O2. The number of pyridine rings is 1. The number of amides is 1. The van der Waals surface area contributed by atoms with Crippen molar-refractivity contribution in [1.29, 1.82) is 10.5 Å². The third-order valence-corrected chi connectivity index (χ3v) is 3.99. The van der Waals surface area contributed by atoms with Gasteiger partial charge in [-0.05, 0) is 30.3 Å². The average molecular weight is 364 g/mol. The van der Waals surface area contributed by atoms with Crippen molar-refractivity contribution in [3.63, 3.8) is 0 Å². The summed E-state index contributed by atoms with van der Waals surface area (Å²) in [6, 6.07) is 10.4. The number of amidine groups is 1. The fourth-order valence-corrected chi connectivity index (χ4v) is 2.63. The van der Waals surface area contributed by atoms with Crippen LogP contribution in [0.3, 0.4) is 0 Å². The van der Waals surface area contributed by atoms with E-state index in [9.17, 15) is 14.4 Å². The third-order valence-electron chi connectivity index (χ3n) is 3.99. The number of carbonyl (C=O) groups is 1. The summed E-state index contributed by atoms with van der Waals surface area (Å²) in [7, 11) is 0. The molecule has 0 unspecified atom stereocenters. The minimum absolute atomic E-state index is 0.0122. The monoisotopic (exact) mass is 364 g/mol. The number of aromatic nitrogens is 1. The predicted molar refractivity (Wildman–Crippen MR) is 92.8 cm³/mol. The Labute approximate surface area is 153 Å². The second-order valence-electron chi connectivity index (χ2n) is 5.71. The van der Waals surface area contributed by atoms with E-state index in [-0.39, 0.29) is 36.0 Å². The maximum absolute atomic E-state index is 14.4. The first-order valence-electron chi connectivity index (χ1n) is 7.84. The van der Waals surface area contributed by atoms with Gasteiger partial charge in [-0.1, -0.05) is 0 Å². The van der Waals surface area contributed by atoms with Crippen molar-refractivity contribution >= 4 is 17.6 Å². The van der Waals surface area contributed by atoms with Crippen molar-refractivity contribution in [2.24, 2.45) is 10.7 Å². The summed E-state index contributed by atoms with van der Waals surface area (Å²) in [5.74, 6) is -1.19. The van der Waals surface area contributed by atoms with Crippen molar-refractivity contribution in [1.82, 2.24) is 4.98 Å². The summed E-state index contributed by atoms with van der Waals surface area (Å²) in [5.41, 5.74) is 4.67. The number of hydrogen-bond donors (Lipinski definition) is 2. The zero-order valence-electron chi connectivity index (χ0n) is 13.9. The smallest absolute Gasteiger partial charge is 0.283 e. The normalized spacial score (nSPS) is 18.4. The molecule has 134 valence electrons. The number of nitrogens with two attached hydrogens (primary N) is 1. The summed E-state index contributed by atoms with van der Waals surface area (Å²) in [4.78, 5) is 20.2. The second kappa shape index (κ2) is 7.10. The van der Waals surface area contributed by atoms with Gasteiger partial charge in [-0.2, -0.15) is 10.5 Å². The highest BCUT2D eigenvalue weighted by molar-refractivity contribution is 6.02. The van der Waals surface area contributed by atoms with Gasteiger partial charge in [-0.3, -0.25) is 4.79 Å². The number of rotatable bonds is 3. The predicted octanol–water partition coefficient (Wildman–Crippen LogP) is 1.80. The molecule has 2 aromatic rings. The molecule has 0 saturated heterocycles. The number of nitrogens with zero attached hydrogens (tertiary/aromatic N) is 4. The Morgan fingerprint density at radius 2 is 2.15 bits per heavy atom. The number of nitriles is 2. The van der Waals surface area contributed by atoms with Gasteiger partial charge in [0.25, 0.3) is 11.9 Å². The van der Waals surface area contributed by atoms with E-state index in [4.69, 9.17) is 15.7 Å². The molecule has 0 saturated carbocycles. The Bertz CT molecular complexity index is 1010. The topological polar surface area (TPSA) is 137 Å². The molecule has 0 radical (unpaired) electrons. The summed E-state index contributed by atoms with van der Waals surface area (Å²) < 4.78 is 19.4. The lowest BCUT2D eigenvalue weighted by Crippen LogP contribution is -2.35. The largest absolute Gasteiger partial charge is 0.465 e. The van der Waals surface area contributed by atoms with Crippen LogP contribution in [0.1, 0.15) is 28.0 Å². The number of benzene rings is 1. The average Bonchev–Trinajstić information content (AvgIpc) is 2.69. The fourth-order valence-electron chi connectivity index (χ4n) is 2.63. The number of hydrogen-bond acceptors (Lipinski definition) is 7. The summed E-state index contributed by atoms with van der Waals surface area (Å²) >= 11 is 0. The molecule has 3 N–H and O–H groups in total. The van der Waals surface area contributed by atoms with Gasteiger partial charge in [-0.25, -0.2) is 14.4 Å². The van der Waals surface area contributed by atoms with E-state index in [1.807, 2.05) is 12.1 Å². The lowest BCUT2D eigenvalue weighted by Gasteiger charge is -2.27. The summed E-state index contributed by atoms with van der Waals surface area (Å²) in [5, 5.41) is 20.9. The Hall–Kier alpha value is -3.98. The lowest BCUT2D eigenvalue weighted by molar-refractivity contribution is 0.102. The maximum atomic E-state index is 14.4. The van der Waals surface area contributed by atoms with Gasteiger partial charge >= 0.3 is 0 Å². The van der Waals surface area contributed by atoms with E-state index in [2.05, 4.69) is 15.3 Å². The van der Waals surface area contributed by atoms with Crippen molar-refractivity contribution in [3.05, 3.63) is 59.2 Å². The van der Waals surface area contributed by atoms with Crippen LogP contribution in [0.2, 0.25) is 0 Å². The van der Waals surface area contributed by atoms with E-state index in [0.29, 0.717) is 5.56 Å². The molecule has 9 heteroatoms. The van der Waals surface area contributed by atoms with Crippen LogP contribution >= 0.6 is 0 Å². The highest BCUT2D eigenvalue weighted by Crippen LogP contribution is 2.35. The Balaban J connectivity index is 1.91. The third kappa shape index (κ3) is 3.53. The van der Waals surface area contributed by atoms with Gasteiger partial charge in [-0.15, -0.1) is 0 Å². The number of anilines is 1. The molecular weight excluding hydrogens is 351 g/mol. The van der Waals surface area contributed by atoms with Gasteiger partial charge in [0, 0.05) is 23.9 Å². The molecule has 1 aliphatic rings. The van der Waals surface area contributed by atoms with Crippen molar-refractivity contribution in [2.75, 3.05) is 11.9 Å².